The molecule has 0 saturated carbocycles. The Balaban J connectivity index is 0.000000484. The maximum atomic E-state index is 12.7. The summed E-state index contributed by atoms with van der Waals surface area (Å²) in [5.41, 5.74) is 2.50. The fraction of sp³-hybridized carbons (Fsp3) is 0.750. The molecular weight excluding hydrogens is 613 g/mol. The molecule has 0 radical (unpaired) electrons. The van der Waals surface area contributed by atoms with Gasteiger partial charge in [0, 0.05) is 80.7 Å². The number of rotatable bonds is 11. The standard InChI is InChI=1S/C26H44N4O4.C10H20N2S/c1-9-21(17-19(3)11-16-31)28-18-22(23(32)27-8)20(4)29-26(10-2)12-14-30(15-13-26)24(33)34-25(5,6)7;1-11-4-2-10(3-5-11)12-6-8-13-9-7-12/h9,16-17,28-29H,10-15,18H2,1-8H3,(H,27,32);10H,2-9H2,1H3/b19-17-,21-9+,22-20+;. The summed E-state index contributed by atoms with van der Waals surface area (Å²) in [5, 5.41) is 9.67. The first-order chi connectivity index (χ1) is 22.3. The van der Waals surface area contributed by atoms with Crippen molar-refractivity contribution in [1.29, 1.82) is 0 Å². The van der Waals surface area contributed by atoms with E-state index in [0.717, 1.165) is 48.6 Å². The van der Waals surface area contributed by atoms with Crippen LogP contribution in [0, 0.1) is 0 Å². The van der Waals surface area contributed by atoms with Crippen LogP contribution in [-0.4, -0.2) is 122 Å². The van der Waals surface area contributed by atoms with E-state index in [-0.39, 0.29) is 17.5 Å². The highest BCUT2D eigenvalue weighted by molar-refractivity contribution is 7.99. The number of nitrogens with one attached hydrogen (secondary N) is 3. The quantitative estimate of drug-likeness (QED) is 0.160. The number of likely N-dealkylation sites (N-methyl/N-ethyl adjacent to an activating group) is 1. The number of thioether (sulfide) groups is 1. The lowest BCUT2D eigenvalue weighted by atomic mass is 9.84. The molecule has 3 aliphatic heterocycles. The Bertz CT molecular complexity index is 1090. The van der Waals surface area contributed by atoms with E-state index in [0.29, 0.717) is 31.6 Å². The molecule has 0 unspecified atom stereocenters. The number of hydrogen-bond acceptors (Lipinski definition) is 9. The molecule has 2 amide bonds. The normalized spacial score (nSPS) is 20.7. The predicted octanol–water partition coefficient (Wildman–Crippen LogP) is 4.93. The second-order valence-corrected chi connectivity index (χ2v) is 15.3. The predicted molar refractivity (Wildman–Crippen MR) is 196 cm³/mol. The molecule has 11 heteroatoms. The van der Waals surface area contributed by atoms with Crippen LogP contribution in [0.25, 0.3) is 0 Å². The van der Waals surface area contributed by atoms with Crippen molar-refractivity contribution < 1.29 is 19.1 Å². The highest BCUT2D eigenvalue weighted by Crippen LogP contribution is 2.28. The van der Waals surface area contributed by atoms with E-state index in [1.807, 2.05) is 53.7 Å². The summed E-state index contributed by atoms with van der Waals surface area (Å²) in [6.45, 7) is 20.3. The van der Waals surface area contributed by atoms with Gasteiger partial charge in [0.2, 0.25) is 5.91 Å². The molecule has 3 aliphatic rings. The van der Waals surface area contributed by atoms with E-state index < -0.39 is 5.60 Å². The Morgan fingerprint density at radius 1 is 1.02 bits per heavy atom. The SMILES string of the molecule is C/C=C(\C=C(\C)CC=O)NC/C(C(=O)NC)=C(/C)NC1(CC)CCN(C(=O)OC(C)(C)C)CC1.CN1CCC(N2CCSCC2)CC1. The molecule has 47 heavy (non-hydrogen) atoms. The van der Waals surface area contributed by atoms with Crippen molar-refractivity contribution in [2.45, 2.75) is 104 Å². The van der Waals surface area contributed by atoms with Gasteiger partial charge in [-0.25, -0.2) is 4.79 Å². The fourth-order valence-corrected chi connectivity index (χ4v) is 7.13. The molecule has 10 nitrogen and oxygen atoms in total. The van der Waals surface area contributed by atoms with E-state index in [2.05, 4.69) is 51.5 Å². The minimum Gasteiger partial charge on any atom is -0.444 e. The van der Waals surface area contributed by atoms with E-state index >= 15 is 0 Å². The summed E-state index contributed by atoms with van der Waals surface area (Å²) >= 11 is 2.11. The minimum atomic E-state index is -0.518. The van der Waals surface area contributed by atoms with Crippen molar-refractivity contribution in [3.8, 4) is 0 Å². The number of allylic oxidation sites excluding steroid dienone is 4. The largest absolute Gasteiger partial charge is 0.444 e. The minimum absolute atomic E-state index is 0.154. The zero-order chi connectivity index (χ0) is 35.0. The number of hydrogen-bond donors (Lipinski definition) is 3. The van der Waals surface area contributed by atoms with Gasteiger partial charge in [0.15, 0.2) is 0 Å². The Morgan fingerprint density at radius 2 is 1.64 bits per heavy atom. The molecule has 0 bridgehead atoms. The van der Waals surface area contributed by atoms with Gasteiger partial charge in [0.05, 0.1) is 5.57 Å². The summed E-state index contributed by atoms with van der Waals surface area (Å²) in [7, 11) is 3.86. The van der Waals surface area contributed by atoms with Gasteiger partial charge in [-0.2, -0.15) is 11.8 Å². The number of nitrogens with zero attached hydrogens (tertiary/aromatic N) is 3. The third kappa shape index (κ3) is 14.3. The van der Waals surface area contributed by atoms with Gasteiger partial charge in [-0.15, -0.1) is 0 Å². The first-order valence-corrected chi connectivity index (χ1v) is 18.6. The Labute approximate surface area is 289 Å². The Morgan fingerprint density at radius 3 is 2.15 bits per heavy atom. The lowest BCUT2D eigenvalue weighted by Crippen LogP contribution is -2.54. The Kier molecular flexibility index (Phi) is 17.4. The number of likely N-dealkylation sites (tertiary alicyclic amines) is 2. The average molecular weight is 677 g/mol. The van der Waals surface area contributed by atoms with Crippen molar-refractivity contribution >= 4 is 30.0 Å². The zero-order valence-electron chi connectivity index (χ0n) is 30.8. The van der Waals surface area contributed by atoms with Crippen molar-refractivity contribution in [3.05, 3.63) is 34.7 Å². The molecule has 0 atom stereocenters. The van der Waals surface area contributed by atoms with Gasteiger partial charge in [-0.3, -0.25) is 9.69 Å². The highest BCUT2D eigenvalue weighted by atomic mass is 32.2. The maximum Gasteiger partial charge on any atom is 0.410 e. The third-order valence-corrected chi connectivity index (χ3v) is 10.2. The molecule has 0 aliphatic carbocycles. The summed E-state index contributed by atoms with van der Waals surface area (Å²) < 4.78 is 5.52. The van der Waals surface area contributed by atoms with Crippen molar-refractivity contribution in [2.75, 3.05) is 71.4 Å². The molecule has 268 valence electrons. The number of amides is 2. The van der Waals surface area contributed by atoms with Crippen molar-refractivity contribution in [3.63, 3.8) is 0 Å². The zero-order valence-corrected chi connectivity index (χ0v) is 31.6. The molecule has 3 saturated heterocycles. The van der Waals surface area contributed by atoms with Crippen LogP contribution >= 0.6 is 11.8 Å². The van der Waals surface area contributed by atoms with Crippen LogP contribution < -0.4 is 16.0 Å². The fourth-order valence-electron chi connectivity index (χ4n) is 6.20. The monoisotopic (exact) mass is 676 g/mol. The number of ether oxygens (including phenoxy) is 1. The first-order valence-electron chi connectivity index (χ1n) is 17.5. The van der Waals surface area contributed by atoms with Crippen LogP contribution in [0.2, 0.25) is 0 Å². The van der Waals surface area contributed by atoms with Crippen LogP contribution in [0.15, 0.2) is 34.7 Å². The maximum absolute atomic E-state index is 12.7. The second kappa shape index (κ2) is 20.1. The van der Waals surface area contributed by atoms with E-state index in [4.69, 9.17) is 4.74 Å². The molecule has 3 heterocycles. The van der Waals surface area contributed by atoms with Crippen molar-refractivity contribution in [2.24, 2.45) is 0 Å². The van der Waals surface area contributed by atoms with E-state index in [1.54, 1.807) is 11.9 Å². The van der Waals surface area contributed by atoms with Gasteiger partial charge >= 0.3 is 6.09 Å². The van der Waals surface area contributed by atoms with E-state index in [1.165, 1.54) is 50.5 Å². The summed E-state index contributed by atoms with van der Waals surface area (Å²) in [6, 6.07) is 0.900. The number of piperidine rings is 2. The molecule has 0 aromatic carbocycles. The lowest BCUT2D eigenvalue weighted by molar-refractivity contribution is -0.117. The van der Waals surface area contributed by atoms with Crippen LogP contribution in [0.1, 0.15) is 87.0 Å². The molecule has 0 aromatic rings. The summed E-state index contributed by atoms with van der Waals surface area (Å²) in [4.78, 5) is 42.8. The smallest absolute Gasteiger partial charge is 0.410 e. The van der Waals surface area contributed by atoms with Gasteiger partial charge in [-0.05, 0) is 99.9 Å². The third-order valence-electron chi connectivity index (χ3n) is 9.29. The lowest BCUT2D eigenvalue weighted by Gasteiger charge is -2.43. The van der Waals surface area contributed by atoms with Crippen LogP contribution in [-0.2, 0) is 14.3 Å². The van der Waals surface area contributed by atoms with Crippen LogP contribution in [0.5, 0.6) is 0 Å². The average Bonchev–Trinajstić information content (AvgIpc) is 3.04. The van der Waals surface area contributed by atoms with Gasteiger partial charge in [0.25, 0.3) is 0 Å². The molecule has 0 spiro atoms. The summed E-state index contributed by atoms with van der Waals surface area (Å²) in [5.74, 6) is 2.55. The Hall–Kier alpha value is -2.50. The summed E-state index contributed by atoms with van der Waals surface area (Å²) in [6.07, 6.45) is 9.98. The van der Waals surface area contributed by atoms with Gasteiger partial charge in [0.1, 0.15) is 11.9 Å². The molecule has 3 fully saturated rings. The highest BCUT2D eigenvalue weighted by Gasteiger charge is 2.36. The number of carbonyl (C=O) groups is 3. The van der Waals surface area contributed by atoms with Crippen LogP contribution in [0.3, 0.4) is 0 Å². The molecule has 0 aromatic heterocycles. The number of aldehydes is 1. The van der Waals surface area contributed by atoms with Crippen molar-refractivity contribution in [1.82, 2.24) is 30.7 Å². The number of carbonyl (C=O) groups excluding carboxylic acids is 3. The molecule has 3 N–H and O–H groups in total. The van der Waals surface area contributed by atoms with Gasteiger partial charge < -0.3 is 35.3 Å². The second-order valence-electron chi connectivity index (χ2n) is 14.1. The molecule has 3 rings (SSSR count). The first kappa shape index (κ1) is 40.7. The van der Waals surface area contributed by atoms with Gasteiger partial charge in [-0.1, -0.05) is 18.6 Å². The molecular formula is C36H64N6O4S. The van der Waals surface area contributed by atoms with E-state index in [9.17, 15) is 14.4 Å². The van der Waals surface area contributed by atoms with Crippen LogP contribution in [0.4, 0.5) is 4.79 Å². The topological polar surface area (TPSA) is 106 Å².